The molecule has 1 aliphatic rings. The van der Waals surface area contributed by atoms with E-state index in [0.717, 1.165) is 25.1 Å². The molecule has 1 aromatic carbocycles. The van der Waals surface area contributed by atoms with E-state index >= 15 is 0 Å². The number of hydrogen-bond acceptors (Lipinski definition) is 2. The lowest BCUT2D eigenvalue weighted by Gasteiger charge is -2.16. The van der Waals surface area contributed by atoms with Crippen LogP contribution in [0.15, 0.2) is 18.2 Å². The maximum absolute atomic E-state index is 12.0. The monoisotopic (exact) mass is 314 g/mol. The Labute approximate surface area is 130 Å². The Morgan fingerprint density at radius 3 is 2.95 bits per heavy atom. The molecule has 0 aromatic heterocycles. The van der Waals surface area contributed by atoms with Crippen LogP contribution in [0, 0.1) is 5.92 Å². The van der Waals surface area contributed by atoms with Crippen LogP contribution in [0.5, 0.6) is 0 Å². The summed E-state index contributed by atoms with van der Waals surface area (Å²) >= 11 is 12.0. The van der Waals surface area contributed by atoms with Gasteiger partial charge in [-0.05, 0) is 56.5 Å². The first-order chi connectivity index (χ1) is 9.56. The molecule has 1 amide bonds. The van der Waals surface area contributed by atoms with Crippen LogP contribution < -0.4 is 10.6 Å². The second kappa shape index (κ2) is 7.30. The third kappa shape index (κ3) is 4.37. The van der Waals surface area contributed by atoms with Crippen molar-refractivity contribution < 1.29 is 4.79 Å². The van der Waals surface area contributed by atoms with E-state index in [1.807, 2.05) is 13.0 Å². The van der Waals surface area contributed by atoms with E-state index in [2.05, 4.69) is 10.6 Å². The minimum Gasteiger partial charge on any atom is -0.350 e. The third-order valence-corrected chi connectivity index (χ3v) is 4.31. The van der Waals surface area contributed by atoms with Gasteiger partial charge in [-0.15, -0.1) is 0 Å². The van der Waals surface area contributed by atoms with Gasteiger partial charge in [0.2, 0.25) is 5.91 Å². The summed E-state index contributed by atoms with van der Waals surface area (Å²) in [5, 5.41) is 7.50. The van der Waals surface area contributed by atoms with Gasteiger partial charge < -0.3 is 10.6 Å². The van der Waals surface area contributed by atoms with Gasteiger partial charge in [0.15, 0.2) is 0 Å². The molecular weight excluding hydrogens is 295 g/mol. The molecule has 0 spiro atoms. The molecule has 2 N–H and O–H groups in total. The van der Waals surface area contributed by atoms with Crippen molar-refractivity contribution in [2.24, 2.45) is 5.92 Å². The number of carbonyl (C=O) groups is 1. The Balaban J connectivity index is 1.83. The average Bonchev–Trinajstić information content (AvgIpc) is 2.89. The van der Waals surface area contributed by atoms with E-state index < -0.39 is 0 Å². The van der Waals surface area contributed by atoms with Gasteiger partial charge in [-0.3, -0.25) is 4.79 Å². The summed E-state index contributed by atoms with van der Waals surface area (Å²) in [6.07, 6.45) is 2.69. The average molecular weight is 315 g/mol. The number of amides is 1. The van der Waals surface area contributed by atoms with Crippen molar-refractivity contribution in [2.45, 2.75) is 32.2 Å². The summed E-state index contributed by atoms with van der Waals surface area (Å²) in [5.41, 5.74) is 0.895. The fourth-order valence-electron chi connectivity index (χ4n) is 2.54. The zero-order valence-corrected chi connectivity index (χ0v) is 13.1. The van der Waals surface area contributed by atoms with E-state index in [1.54, 1.807) is 12.1 Å². The van der Waals surface area contributed by atoms with E-state index in [0.29, 0.717) is 22.4 Å². The first kappa shape index (κ1) is 15.6. The molecule has 20 heavy (non-hydrogen) atoms. The van der Waals surface area contributed by atoms with Crippen LogP contribution >= 0.6 is 23.2 Å². The van der Waals surface area contributed by atoms with Gasteiger partial charge >= 0.3 is 0 Å². The number of hydrogen-bond donors (Lipinski definition) is 2. The van der Waals surface area contributed by atoms with Gasteiger partial charge in [-0.1, -0.05) is 29.3 Å². The van der Waals surface area contributed by atoms with Crippen molar-refractivity contribution in [3.8, 4) is 0 Å². The maximum atomic E-state index is 12.0. The first-order valence-corrected chi connectivity index (χ1v) is 7.77. The minimum absolute atomic E-state index is 0.0791. The van der Waals surface area contributed by atoms with Gasteiger partial charge in [0.1, 0.15) is 0 Å². The topological polar surface area (TPSA) is 41.1 Å². The Morgan fingerprint density at radius 2 is 2.30 bits per heavy atom. The standard InChI is InChI=1S/C15H20Cl2N2O/c1-10(13-4-3-12(16)8-14(13)17)19-15(20)5-2-11-6-7-18-9-11/h3-4,8,10-11,18H,2,5-7,9H2,1H3,(H,19,20). The molecule has 1 saturated heterocycles. The van der Waals surface area contributed by atoms with Crippen LogP contribution in [-0.4, -0.2) is 19.0 Å². The molecule has 2 unspecified atom stereocenters. The molecule has 0 saturated carbocycles. The molecule has 2 atom stereocenters. The molecule has 0 radical (unpaired) electrons. The van der Waals surface area contributed by atoms with E-state index in [9.17, 15) is 4.79 Å². The highest BCUT2D eigenvalue weighted by atomic mass is 35.5. The molecule has 0 aliphatic carbocycles. The van der Waals surface area contributed by atoms with Crippen LogP contribution in [0.3, 0.4) is 0 Å². The Kier molecular flexibility index (Phi) is 5.70. The van der Waals surface area contributed by atoms with Gasteiger partial charge in [-0.2, -0.15) is 0 Å². The quantitative estimate of drug-likeness (QED) is 0.872. The van der Waals surface area contributed by atoms with Crippen molar-refractivity contribution >= 4 is 29.1 Å². The van der Waals surface area contributed by atoms with Crippen LogP contribution in [-0.2, 0) is 4.79 Å². The molecule has 1 fully saturated rings. The summed E-state index contributed by atoms with van der Waals surface area (Å²) in [4.78, 5) is 12.0. The Hall–Kier alpha value is -0.770. The van der Waals surface area contributed by atoms with Gasteiger partial charge in [0.25, 0.3) is 0 Å². The second-order valence-electron chi connectivity index (χ2n) is 5.35. The van der Waals surface area contributed by atoms with Crippen molar-refractivity contribution in [1.82, 2.24) is 10.6 Å². The highest BCUT2D eigenvalue weighted by molar-refractivity contribution is 6.35. The first-order valence-electron chi connectivity index (χ1n) is 7.01. The van der Waals surface area contributed by atoms with Crippen LogP contribution in [0.25, 0.3) is 0 Å². The van der Waals surface area contributed by atoms with Crippen molar-refractivity contribution in [3.05, 3.63) is 33.8 Å². The molecule has 5 heteroatoms. The molecule has 1 heterocycles. The number of rotatable bonds is 5. The predicted molar refractivity (Wildman–Crippen MR) is 83.2 cm³/mol. The van der Waals surface area contributed by atoms with E-state index in [-0.39, 0.29) is 11.9 Å². The molecular formula is C15H20Cl2N2O. The lowest BCUT2D eigenvalue weighted by molar-refractivity contribution is -0.122. The van der Waals surface area contributed by atoms with Gasteiger partial charge in [0.05, 0.1) is 6.04 Å². The molecule has 110 valence electrons. The Morgan fingerprint density at radius 1 is 1.50 bits per heavy atom. The molecule has 3 nitrogen and oxygen atoms in total. The summed E-state index contributed by atoms with van der Waals surface area (Å²) in [6.45, 7) is 4.04. The number of halogens is 2. The van der Waals surface area contributed by atoms with E-state index in [1.165, 1.54) is 6.42 Å². The number of benzene rings is 1. The normalized spacial score (nSPS) is 19.9. The molecule has 2 rings (SSSR count). The van der Waals surface area contributed by atoms with Gasteiger partial charge in [-0.25, -0.2) is 0 Å². The minimum atomic E-state index is -0.103. The van der Waals surface area contributed by atoms with Crippen LogP contribution in [0.2, 0.25) is 10.0 Å². The van der Waals surface area contributed by atoms with Gasteiger partial charge in [0, 0.05) is 16.5 Å². The van der Waals surface area contributed by atoms with Crippen molar-refractivity contribution in [3.63, 3.8) is 0 Å². The summed E-state index contributed by atoms with van der Waals surface area (Å²) < 4.78 is 0. The van der Waals surface area contributed by atoms with Crippen molar-refractivity contribution in [1.29, 1.82) is 0 Å². The fourth-order valence-corrected chi connectivity index (χ4v) is 3.11. The summed E-state index contributed by atoms with van der Waals surface area (Å²) in [7, 11) is 0. The van der Waals surface area contributed by atoms with Crippen LogP contribution in [0.1, 0.15) is 37.8 Å². The highest BCUT2D eigenvalue weighted by Crippen LogP contribution is 2.26. The fraction of sp³-hybridized carbons (Fsp3) is 0.533. The lowest BCUT2D eigenvalue weighted by atomic mass is 10.0. The lowest BCUT2D eigenvalue weighted by Crippen LogP contribution is -2.27. The third-order valence-electron chi connectivity index (χ3n) is 3.75. The largest absolute Gasteiger partial charge is 0.350 e. The van der Waals surface area contributed by atoms with Crippen LogP contribution in [0.4, 0.5) is 0 Å². The number of carbonyl (C=O) groups excluding carboxylic acids is 1. The van der Waals surface area contributed by atoms with Crippen molar-refractivity contribution in [2.75, 3.05) is 13.1 Å². The highest BCUT2D eigenvalue weighted by Gasteiger charge is 2.17. The number of nitrogens with one attached hydrogen (secondary N) is 2. The second-order valence-corrected chi connectivity index (χ2v) is 6.20. The summed E-state index contributed by atoms with van der Waals surface area (Å²) in [5.74, 6) is 0.714. The molecule has 1 aromatic rings. The zero-order chi connectivity index (χ0) is 14.5. The Bertz CT molecular complexity index is 473. The summed E-state index contributed by atoms with van der Waals surface area (Å²) in [6, 6.07) is 5.24. The predicted octanol–water partition coefficient (Wildman–Crippen LogP) is 3.56. The zero-order valence-electron chi connectivity index (χ0n) is 11.6. The maximum Gasteiger partial charge on any atom is 0.220 e. The molecule has 1 aliphatic heterocycles. The molecule has 0 bridgehead atoms. The smallest absolute Gasteiger partial charge is 0.220 e. The SMILES string of the molecule is CC(NC(=O)CCC1CCNC1)c1ccc(Cl)cc1Cl. The van der Waals surface area contributed by atoms with E-state index in [4.69, 9.17) is 23.2 Å².